The fourth-order valence-corrected chi connectivity index (χ4v) is 4.49. The maximum atomic E-state index is 6.16. The first-order chi connectivity index (χ1) is 17.7. The molecule has 2 heterocycles. The zero-order valence-corrected chi connectivity index (χ0v) is 21.2. The van der Waals surface area contributed by atoms with Gasteiger partial charge in [-0.15, -0.1) is 0 Å². The largest absolute Gasteiger partial charge is 0.457 e. The van der Waals surface area contributed by atoms with Crippen molar-refractivity contribution in [1.82, 2.24) is 9.97 Å². The third-order valence-corrected chi connectivity index (χ3v) is 6.35. The zero-order valence-electron chi connectivity index (χ0n) is 20.4. The maximum Gasteiger partial charge on any atom is 0.136 e. The van der Waals surface area contributed by atoms with Crippen molar-refractivity contribution in [1.29, 1.82) is 0 Å². The molecule has 184 valence electrons. The fourth-order valence-electron chi connectivity index (χ4n) is 4.30. The Morgan fingerprint density at radius 3 is 2.25 bits per heavy atom. The number of piperazine rings is 1. The van der Waals surface area contributed by atoms with E-state index >= 15 is 0 Å². The van der Waals surface area contributed by atoms with E-state index in [4.69, 9.17) is 26.3 Å². The highest BCUT2D eigenvalue weighted by Crippen LogP contribution is 2.27. The Bertz CT molecular complexity index is 1270. The van der Waals surface area contributed by atoms with Gasteiger partial charge in [-0.05, 0) is 61.0 Å². The van der Waals surface area contributed by atoms with Crippen molar-refractivity contribution in [2.24, 2.45) is 0 Å². The average Bonchev–Trinajstić information content (AvgIpc) is 2.90. The van der Waals surface area contributed by atoms with Crippen LogP contribution in [0.2, 0.25) is 5.02 Å². The first kappa shape index (κ1) is 23.9. The molecule has 3 aromatic carbocycles. The molecule has 5 rings (SSSR count). The van der Waals surface area contributed by atoms with E-state index in [1.54, 1.807) is 0 Å². The highest BCUT2D eigenvalue weighted by molar-refractivity contribution is 6.30. The summed E-state index contributed by atoms with van der Waals surface area (Å²) in [6.45, 7) is 5.77. The summed E-state index contributed by atoms with van der Waals surface area (Å²) in [7, 11) is 0. The number of nitrogens with one attached hydrogen (secondary N) is 1. The van der Waals surface area contributed by atoms with Crippen LogP contribution in [0.5, 0.6) is 11.5 Å². The van der Waals surface area contributed by atoms with Crippen LogP contribution in [0.4, 0.5) is 23.0 Å². The standard InChI is InChI=1S/C29H30ClN5O/c1-2-7-27-32-28(31-23-9-6-8-22(30)20-23)21-29(33-27)35-18-16-34(17-19-35)24-12-14-26(15-13-24)36-25-10-4-3-5-11-25/h3-6,8-15,20-21H,2,7,16-19H2,1H3,(H,31,32,33). The molecule has 0 radical (unpaired) electrons. The monoisotopic (exact) mass is 499 g/mol. The summed E-state index contributed by atoms with van der Waals surface area (Å²) >= 11 is 6.16. The second-order valence-electron chi connectivity index (χ2n) is 8.80. The van der Waals surface area contributed by atoms with Crippen LogP contribution < -0.4 is 19.9 Å². The van der Waals surface area contributed by atoms with E-state index in [1.807, 2.05) is 72.8 Å². The fraction of sp³-hybridized carbons (Fsp3) is 0.241. The molecule has 4 aromatic rings. The Balaban J connectivity index is 1.24. The van der Waals surface area contributed by atoms with Gasteiger partial charge in [0.05, 0.1) is 0 Å². The molecule has 0 atom stereocenters. The molecule has 0 amide bonds. The molecule has 7 heteroatoms. The molecule has 0 unspecified atom stereocenters. The maximum absolute atomic E-state index is 6.16. The third-order valence-electron chi connectivity index (χ3n) is 6.11. The van der Waals surface area contributed by atoms with Gasteiger partial charge in [0.25, 0.3) is 0 Å². The van der Waals surface area contributed by atoms with Gasteiger partial charge in [0.1, 0.15) is 29.0 Å². The Morgan fingerprint density at radius 1 is 0.806 bits per heavy atom. The van der Waals surface area contributed by atoms with Gasteiger partial charge in [-0.1, -0.05) is 42.8 Å². The molecule has 1 saturated heterocycles. The number of ether oxygens (including phenoxy) is 1. The van der Waals surface area contributed by atoms with Crippen molar-refractivity contribution in [3.05, 3.63) is 95.8 Å². The second-order valence-corrected chi connectivity index (χ2v) is 9.23. The average molecular weight is 500 g/mol. The molecule has 0 aliphatic carbocycles. The zero-order chi connectivity index (χ0) is 24.7. The van der Waals surface area contributed by atoms with E-state index < -0.39 is 0 Å². The van der Waals surface area contributed by atoms with Crippen LogP contribution in [0.15, 0.2) is 84.9 Å². The summed E-state index contributed by atoms with van der Waals surface area (Å²) in [6, 6.07) is 27.9. The summed E-state index contributed by atoms with van der Waals surface area (Å²) in [6.07, 6.45) is 1.84. The molecule has 0 spiro atoms. The molecule has 1 aliphatic heterocycles. The van der Waals surface area contributed by atoms with Gasteiger partial charge in [0.2, 0.25) is 0 Å². The lowest BCUT2D eigenvalue weighted by Crippen LogP contribution is -2.47. The summed E-state index contributed by atoms with van der Waals surface area (Å²) in [5.41, 5.74) is 2.12. The van der Waals surface area contributed by atoms with Gasteiger partial charge in [-0.3, -0.25) is 0 Å². The van der Waals surface area contributed by atoms with Crippen LogP contribution >= 0.6 is 11.6 Å². The van der Waals surface area contributed by atoms with Gasteiger partial charge in [0, 0.05) is 55.1 Å². The van der Waals surface area contributed by atoms with Crippen molar-refractivity contribution in [3.8, 4) is 11.5 Å². The number of hydrogen-bond acceptors (Lipinski definition) is 6. The van der Waals surface area contributed by atoms with Crippen molar-refractivity contribution in [2.75, 3.05) is 41.3 Å². The molecule has 1 aromatic heterocycles. The summed E-state index contributed by atoms with van der Waals surface area (Å²) < 4.78 is 5.93. The number of aromatic nitrogens is 2. The molecule has 0 bridgehead atoms. The first-order valence-corrected chi connectivity index (χ1v) is 12.8. The highest BCUT2D eigenvalue weighted by Gasteiger charge is 2.20. The van der Waals surface area contributed by atoms with Gasteiger partial charge in [-0.2, -0.15) is 0 Å². The summed E-state index contributed by atoms with van der Waals surface area (Å²) in [5, 5.41) is 4.09. The Hall–Kier alpha value is -3.77. The minimum Gasteiger partial charge on any atom is -0.457 e. The highest BCUT2D eigenvalue weighted by atomic mass is 35.5. The first-order valence-electron chi connectivity index (χ1n) is 12.4. The minimum absolute atomic E-state index is 0.693. The van der Waals surface area contributed by atoms with Crippen LogP contribution in [0, 0.1) is 0 Å². The smallest absolute Gasteiger partial charge is 0.136 e. The Morgan fingerprint density at radius 2 is 1.53 bits per heavy atom. The van der Waals surface area contributed by atoms with E-state index in [0.717, 1.165) is 73.7 Å². The van der Waals surface area contributed by atoms with E-state index in [1.165, 1.54) is 5.69 Å². The number of anilines is 4. The van der Waals surface area contributed by atoms with Crippen LogP contribution in [-0.2, 0) is 6.42 Å². The molecule has 1 aliphatic rings. The van der Waals surface area contributed by atoms with Crippen LogP contribution in [0.25, 0.3) is 0 Å². The molecule has 1 fully saturated rings. The molecule has 6 nitrogen and oxygen atoms in total. The number of aryl methyl sites for hydroxylation is 1. The molecular formula is C29H30ClN5O. The number of rotatable bonds is 8. The number of benzene rings is 3. The van der Waals surface area contributed by atoms with Crippen molar-refractivity contribution in [2.45, 2.75) is 19.8 Å². The summed E-state index contributed by atoms with van der Waals surface area (Å²) in [4.78, 5) is 14.3. The van der Waals surface area contributed by atoms with Crippen LogP contribution in [0.3, 0.4) is 0 Å². The van der Waals surface area contributed by atoms with Crippen LogP contribution in [0.1, 0.15) is 19.2 Å². The second kappa shape index (κ2) is 11.3. The Labute approximate surface area is 217 Å². The van der Waals surface area contributed by atoms with E-state index in [0.29, 0.717) is 5.02 Å². The molecule has 1 N–H and O–H groups in total. The van der Waals surface area contributed by atoms with Gasteiger partial charge < -0.3 is 19.9 Å². The van der Waals surface area contributed by atoms with E-state index in [9.17, 15) is 0 Å². The van der Waals surface area contributed by atoms with Crippen LogP contribution in [-0.4, -0.2) is 36.1 Å². The molecular weight excluding hydrogens is 470 g/mol. The normalized spacial score (nSPS) is 13.5. The van der Waals surface area contributed by atoms with Crippen molar-refractivity contribution >= 4 is 34.6 Å². The predicted molar refractivity (Wildman–Crippen MR) is 148 cm³/mol. The molecule has 36 heavy (non-hydrogen) atoms. The number of halogens is 1. The van der Waals surface area contributed by atoms with E-state index in [-0.39, 0.29) is 0 Å². The van der Waals surface area contributed by atoms with Crippen molar-refractivity contribution < 1.29 is 4.74 Å². The minimum atomic E-state index is 0.693. The topological polar surface area (TPSA) is 53.5 Å². The summed E-state index contributed by atoms with van der Waals surface area (Å²) in [5.74, 6) is 4.30. The number of nitrogens with zero attached hydrogens (tertiary/aromatic N) is 4. The quantitative estimate of drug-likeness (QED) is 0.283. The van der Waals surface area contributed by atoms with Gasteiger partial charge >= 0.3 is 0 Å². The third kappa shape index (κ3) is 6.07. The lowest BCUT2D eigenvalue weighted by molar-refractivity contribution is 0.482. The van der Waals surface area contributed by atoms with Crippen molar-refractivity contribution in [3.63, 3.8) is 0 Å². The van der Waals surface area contributed by atoms with E-state index in [2.05, 4.69) is 34.2 Å². The predicted octanol–water partition coefficient (Wildman–Crippen LogP) is 6.95. The van der Waals surface area contributed by atoms with Gasteiger partial charge in [-0.25, -0.2) is 9.97 Å². The number of para-hydroxylation sites is 1. The lowest BCUT2D eigenvalue weighted by atomic mass is 10.2. The Kier molecular flexibility index (Phi) is 7.52. The lowest BCUT2D eigenvalue weighted by Gasteiger charge is -2.37. The number of hydrogen-bond donors (Lipinski definition) is 1. The van der Waals surface area contributed by atoms with Gasteiger partial charge in [0.15, 0.2) is 0 Å². The molecule has 0 saturated carbocycles. The SMILES string of the molecule is CCCc1nc(Nc2cccc(Cl)c2)cc(N2CCN(c3ccc(Oc4ccccc4)cc3)CC2)n1.